The first-order chi connectivity index (χ1) is 25.0. The fourth-order valence-electron chi connectivity index (χ4n) is 12.7. The maximum Gasteiger partial charge on any atom is 0.307 e. The van der Waals surface area contributed by atoms with Gasteiger partial charge in [0.05, 0.1) is 31.3 Å². The average Bonchev–Trinajstić information content (AvgIpc) is 3.58. The molecule has 0 radical (unpaired) electrons. The summed E-state index contributed by atoms with van der Waals surface area (Å²) >= 11 is 0. The molecule has 9 heteroatoms. The number of rotatable bonds is 10. The minimum Gasteiger partial charge on any atom is -0.481 e. The lowest BCUT2D eigenvalue weighted by Gasteiger charge is -2.70. The van der Waals surface area contributed by atoms with Crippen molar-refractivity contribution >= 4 is 5.97 Å². The monoisotopic (exact) mass is 746 g/mol. The molecule has 4 aliphatic rings. The van der Waals surface area contributed by atoms with Crippen LogP contribution in [0.5, 0.6) is 0 Å². The highest BCUT2D eigenvalue weighted by atomic mass is 16.5. The van der Waals surface area contributed by atoms with Crippen molar-refractivity contribution in [3.8, 4) is 11.4 Å². The van der Waals surface area contributed by atoms with Gasteiger partial charge in [-0.1, -0.05) is 87.8 Å². The van der Waals surface area contributed by atoms with Crippen molar-refractivity contribution < 1.29 is 19.4 Å². The summed E-state index contributed by atoms with van der Waals surface area (Å²) in [6.07, 6.45) is 13.1. The number of methoxy groups -OCH3 is 1. The van der Waals surface area contributed by atoms with Gasteiger partial charge in [0.2, 0.25) is 0 Å². The molecule has 2 unspecified atom stereocenters. The molecule has 2 aromatic rings. The third-order valence-corrected chi connectivity index (χ3v) is 17.1. The number of fused-ring (bicyclic) bond motifs is 5. The van der Waals surface area contributed by atoms with Crippen molar-refractivity contribution in [3.63, 3.8) is 0 Å². The Balaban J connectivity index is 1.50. The van der Waals surface area contributed by atoms with E-state index in [1.807, 2.05) is 19.2 Å². The average molecular weight is 746 g/mol. The molecular weight excluding hydrogens is 675 g/mol. The molecule has 2 heterocycles. The van der Waals surface area contributed by atoms with Crippen LogP contribution in [0.3, 0.4) is 0 Å². The molecule has 0 aromatic carbocycles. The largest absolute Gasteiger partial charge is 0.481 e. The first-order valence-corrected chi connectivity index (χ1v) is 20.7. The number of nitrogens with two attached hydrogens (primary N) is 1. The van der Waals surface area contributed by atoms with E-state index < -0.39 is 22.8 Å². The van der Waals surface area contributed by atoms with Crippen molar-refractivity contribution in [1.29, 1.82) is 0 Å². The molecule has 0 amide bonds. The molecule has 4 aliphatic carbocycles. The van der Waals surface area contributed by atoms with Crippen molar-refractivity contribution in [3.05, 3.63) is 42.5 Å². The number of hydrogen-bond acceptors (Lipinski definition) is 7. The quantitative estimate of drug-likeness (QED) is 0.231. The highest BCUT2D eigenvalue weighted by Crippen LogP contribution is 2.75. The SMILES string of the molecule is COCC1(C)[C@@H](OCC(C)(N)C(C)(C)C)[C@H](n2ncnc2-c2ccncc2)C[C@]2(C)C3=CC[C@@]4(C)[C@H](C(=O)O)[C@@](C)([C@H](C)C(C)C)CC[C@]4(C)[C@H]3CC[C@@H]12. The highest BCUT2D eigenvalue weighted by molar-refractivity contribution is 5.73. The Morgan fingerprint density at radius 2 is 1.70 bits per heavy atom. The van der Waals surface area contributed by atoms with E-state index in [1.165, 1.54) is 5.57 Å². The molecule has 3 fully saturated rings. The highest BCUT2D eigenvalue weighted by Gasteiger charge is 2.70. The Morgan fingerprint density at radius 3 is 2.30 bits per heavy atom. The number of allylic oxidation sites excluding steroid dienone is 2. The number of aromatic nitrogens is 4. The Morgan fingerprint density at radius 1 is 1.04 bits per heavy atom. The molecule has 300 valence electrons. The van der Waals surface area contributed by atoms with Crippen molar-refractivity contribution in [2.45, 2.75) is 139 Å². The number of carbonyl (C=O) groups is 1. The lowest BCUT2D eigenvalue weighted by atomic mass is 9.34. The van der Waals surface area contributed by atoms with Gasteiger partial charge < -0.3 is 20.3 Å². The maximum atomic E-state index is 13.6. The second-order valence-electron chi connectivity index (χ2n) is 21.0. The fraction of sp³-hybridized carbons (Fsp3) is 0.778. The van der Waals surface area contributed by atoms with Crippen LogP contribution < -0.4 is 5.73 Å². The number of ether oxygens (including phenoxy) is 2. The summed E-state index contributed by atoms with van der Waals surface area (Å²) in [4.78, 5) is 22.7. The van der Waals surface area contributed by atoms with E-state index in [-0.39, 0.29) is 51.1 Å². The van der Waals surface area contributed by atoms with Gasteiger partial charge in [0.1, 0.15) is 6.33 Å². The number of carboxylic acid groups (broad SMARTS) is 1. The standard InChI is InChI=1S/C45H71N5O4/c1-28(2)29(3)40(7)20-21-43(10)32-14-15-34-41(8,31(32)16-19-44(43,11)35(40)38(51)52)24-33(50-37(48-27-49-50)30-17-22-47-23-18-30)36(42(34,9)25-53-13)54-26-45(12,46)39(4,5)6/h16-18,22-23,27-29,32-36H,14-15,19-21,24-26,46H2,1-13H3,(H,51,52)/t29-,32+,33-,34-,35-,36+,40-,41-,42?,43-,44+,45?/m1/s1. The first kappa shape index (κ1) is 41.0. The number of aliphatic carboxylic acids is 1. The maximum absolute atomic E-state index is 13.6. The van der Waals surface area contributed by atoms with E-state index >= 15 is 0 Å². The molecule has 12 atom stereocenters. The van der Waals surface area contributed by atoms with Gasteiger partial charge in [-0.3, -0.25) is 9.78 Å². The molecule has 9 nitrogen and oxygen atoms in total. The molecule has 0 bridgehead atoms. The fourth-order valence-corrected chi connectivity index (χ4v) is 12.7. The van der Waals surface area contributed by atoms with Crippen molar-refractivity contribution in [2.24, 2.45) is 67.8 Å². The van der Waals surface area contributed by atoms with Crippen LogP contribution in [0.4, 0.5) is 0 Å². The second-order valence-corrected chi connectivity index (χ2v) is 21.0. The van der Waals surface area contributed by atoms with Gasteiger partial charge in [0.15, 0.2) is 5.82 Å². The zero-order valence-electron chi connectivity index (χ0n) is 35.7. The molecule has 3 saturated carbocycles. The molecule has 0 saturated heterocycles. The predicted octanol–water partition coefficient (Wildman–Crippen LogP) is 9.25. The summed E-state index contributed by atoms with van der Waals surface area (Å²) in [5.74, 6) is 1.00. The van der Waals surface area contributed by atoms with E-state index in [9.17, 15) is 9.90 Å². The van der Waals surface area contributed by atoms with Crippen LogP contribution >= 0.6 is 0 Å². The molecular formula is C45H71N5O4. The normalized spacial score (nSPS) is 39.8. The van der Waals surface area contributed by atoms with E-state index in [4.69, 9.17) is 25.3 Å². The van der Waals surface area contributed by atoms with Gasteiger partial charge in [-0.2, -0.15) is 5.10 Å². The van der Waals surface area contributed by atoms with Gasteiger partial charge in [0.25, 0.3) is 0 Å². The van der Waals surface area contributed by atoms with Crippen LogP contribution in [0.2, 0.25) is 0 Å². The van der Waals surface area contributed by atoms with E-state index in [1.54, 1.807) is 18.7 Å². The van der Waals surface area contributed by atoms with Crippen LogP contribution in [0, 0.1) is 62.1 Å². The summed E-state index contributed by atoms with van der Waals surface area (Å²) in [5.41, 5.74) is 7.33. The summed E-state index contributed by atoms with van der Waals surface area (Å²) in [6, 6.07) is 3.82. The van der Waals surface area contributed by atoms with Gasteiger partial charge in [-0.25, -0.2) is 9.67 Å². The first-order valence-electron chi connectivity index (χ1n) is 20.7. The van der Waals surface area contributed by atoms with Gasteiger partial charge in [-0.05, 0) is 108 Å². The Bertz CT molecular complexity index is 1720. The molecule has 54 heavy (non-hydrogen) atoms. The minimum atomic E-state index is -0.627. The molecule has 0 aliphatic heterocycles. The molecule has 2 aromatic heterocycles. The van der Waals surface area contributed by atoms with Gasteiger partial charge >= 0.3 is 5.97 Å². The molecule has 0 spiro atoms. The minimum absolute atomic E-state index is 0.158. The van der Waals surface area contributed by atoms with Crippen LogP contribution in [0.15, 0.2) is 42.5 Å². The predicted molar refractivity (Wildman–Crippen MR) is 214 cm³/mol. The van der Waals surface area contributed by atoms with Gasteiger partial charge in [0, 0.05) is 36.0 Å². The topological polar surface area (TPSA) is 125 Å². The van der Waals surface area contributed by atoms with Crippen molar-refractivity contribution in [1.82, 2.24) is 19.7 Å². The lowest BCUT2D eigenvalue weighted by Crippen LogP contribution is -2.66. The number of nitrogens with zero attached hydrogens (tertiary/aromatic N) is 4. The van der Waals surface area contributed by atoms with E-state index in [0.717, 1.165) is 49.9 Å². The number of carboxylic acids is 1. The zero-order chi connectivity index (χ0) is 39.9. The van der Waals surface area contributed by atoms with Crippen LogP contribution in [0.1, 0.15) is 128 Å². The molecule has 6 rings (SSSR count). The van der Waals surface area contributed by atoms with E-state index in [2.05, 4.69) is 98.8 Å². The Hall–Kier alpha value is -2.62. The van der Waals surface area contributed by atoms with Crippen LogP contribution in [-0.4, -0.2) is 62.8 Å². The smallest absolute Gasteiger partial charge is 0.307 e. The third kappa shape index (κ3) is 6.04. The summed E-state index contributed by atoms with van der Waals surface area (Å²) < 4.78 is 15.5. The Labute approximate surface area is 325 Å². The second kappa shape index (κ2) is 13.8. The third-order valence-electron chi connectivity index (χ3n) is 17.1. The zero-order valence-corrected chi connectivity index (χ0v) is 35.7. The van der Waals surface area contributed by atoms with Crippen molar-refractivity contribution in [2.75, 3.05) is 20.3 Å². The molecule has 3 N–H and O–H groups in total. The van der Waals surface area contributed by atoms with Gasteiger partial charge in [-0.15, -0.1) is 0 Å². The summed E-state index contributed by atoms with van der Waals surface area (Å²) in [6.45, 7) is 28.3. The number of hydrogen-bond donors (Lipinski definition) is 2. The number of pyridine rings is 1. The van der Waals surface area contributed by atoms with Crippen LogP contribution in [-0.2, 0) is 14.3 Å². The van der Waals surface area contributed by atoms with E-state index in [0.29, 0.717) is 25.0 Å². The van der Waals surface area contributed by atoms with Crippen LogP contribution in [0.25, 0.3) is 11.4 Å². The summed E-state index contributed by atoms with van der Waals surface area (Å²) in [5, 5.41) is 16.1. The summed E-state index contributed by atoms with van der Waals surface area (Å²) in [7, 11) is 1.81. The lowest BCUT2D eigenvalue weighted by molar-refractivity contribution is -0.212. The Kier molecular flexibility index (Phi) is 10.5.